The lowest BCUT2D eigenvalue weighted by Gasteiger charge is -2.12. The number of hydrogen-bond acceptors (Lipinski definition) is 3. The molecule has 0 bridgehead atoms. The van der Waals surface area contributed by atoms with Crippen LogP contribution in [0.3, 0.4) is 0 Å². The molecule has 1 heterocycles. The van der Waals surface area contributed by atoms with Gasteiger partial charge in [0.15, 0.2) is 5.78 Å². The third kappa shape index (κ3) is 1.59. The molecule has 3 nitrogen and oxygen atoms in total. The number of benzene rings is 1. The molecule has 0 spiro atoms. The van der Waals surface area contributed by atoms with E-state index in [1.165, 1.54) is 11.8 Å². The highest BCUT2D eigenvalue weighted by atomic mass is 16.1. The lowest BCUT2D eigenvalue weighted by Crippen LogP contribution is -2.16. The first kappa shape index (κ1) is 7.98. The second kappa shape index (κ2) is 3.01. The van der Waals surface area contributed by atoms with Crippen LogP contribution in [0.1, 0.15) is 5.56 Å². The number of aryl methyl sites for hydroxylation is 1. The van der Waals surface area contributed by atoms with E-state index in [9.17, 15) is 4.79 Å². The summed E-state index contributed by atoms with van der Waals surface area (Å²) in [5.74, 6) is 0.0570. The molecule has 3 heteroatoms. The van der Waals surface area contributed by atoms with Crippen molar-refractivity contribution in [3.05, 3.63) is 29.8 Å². The molecule has 66 valence electrons. The van der Waals surface area contributed by atoms with Gasteiger partial charge in [-0.3, -0.25) is 9.80 Å². The van der Waals surface area contributed by atoms with E-state index in [1.807, 2.05) is 31.2 Å². The Morgan fingerprint density at radius 2 is 2.31 bits per heavy atom. The average Bonchev–Trinajstić information content (AvgIpc) is 2.52. The predicted octanol–water partition coefficient (Wildman–Crippen LogP) is 1.37. The van der Waals surface area contributed by atoms with Crippen molar-refractivity contribution in [2.24, 2.45) is 5.10 Å². The predicted molar refractivity (Wildman–Crippen MR) is 52.0 cm³/mol. The van der Waals surface area contributed by atoms with Gasteiger partial charge < -0.3 is 0 Å². The number of carbonyl (C=O) groups is 1. The highest BCUT2D eigenvalue weighted by molar-refractivity contribution is 6.31. The average molecular weight is 174 g/mol. The lowest BCUT2D eigenvalue weighted by molar-refractivity contribution is -0.110. The number of anilines is 1. The Kier molecular flexibility index (Phi) is 1.85. The molecular formula is C10H10N2O. The summed E-state index contributed by atoms with van der Waals surface area (Å²) in [4.78, 5) is 10.9. The van der Waals surface area contributed by atoms with Gasteiger partial charge in [-0.2, -0.15) is 5.10 Å². The molecule has 0 radical (unpaired) electrons. The highest BCUT2D eigenvalue weighted by Gasteiger charge is 2.14. The number of hydrazone groups is 1. The summed E-state index contributed by atoms with van der Waals surface area (Å²) in [5, 5.41) is 5.69. The van der Waals surface area contributed by atoms with Crippen molar-refractivity contribution < 1.29 is 4.79 Å². The highest BCUT2D eigenvalue weighted by Crippen LogP contribution is 2.17. The van der Waals surface area contributed by atoms with Crippen LogP contribution in [0.25, 0.3) is 0 Å². The van der Waals surface area contributed by atoms with Crippen molar-refractivity contribution in [1.82, 2.24) is 0 Å². The van der Waals surface area contributed by atoms with E-state index in [0.29, 0.717) is 6.54 Å². The number of hydrogen-bond donors (Lipinski definition) is 0. The molecule has 1 aromatic rings. The first-order chi connectivity index (χ1) is 6.25. The minimum atomic E-state index is 0.0570. The molecule has 0 N–H and O–H groups in total. The van der Waals surface area contributed by atoms with E-state index in [1.54, 1.807) is 5.01 Å². The molecule has 2 rings (SSSR count). The molecule has 13 heavy (non-hydrogen) atoms. The van der Waals surface area contributed by atoms with E-state index >= 15 is 0 Å². The van der Waals surface area contributed by atoms with Gasteiger partial charge in [0.2, 0.25) is 0 Å². The van der Waals surface area contributed by atoms with Crippen molar-refractivity contribution in [2.45, 2.75) is 6.92 Å². The molecule has 0 aliphatic carbocycles. The second-order valence-electron chi connectivity index (χ2n) is 3.11. The van der Waals surface area contributed by atoms with E-state index in [4.69, 9.17) is 0 Å². The van der Waals surface area contributed by atoms with Crippen molar-refractivity contribution >= 4 is 17.7 Å². The van der Waals surface area contributed by atoms with Crippen molar-refractivity contribution in [1.29, 1.82) is 0 Å². The number of rotatable bonds is 1. The fourth-order valence-corrected chi connectivity index (χ4v) is 1.31. The standard InChI is InChI=1S/C10H10N2O/c1-8-3-2-4-9(5-8)12-7-10(13)6-11-12/h2-6H,7H2,1H3. The normalized spacial score (nSPS) is 15.5. The summed E-state index contributed by atoms with van der Waals surface area (Å²) in [6, 6.07) is 7.94. The maximum absolute atomic E-state index is 10.9. The van der Waals surface area contributed by atoms with E-state index < -0.39 is 0 Å². The molecule has 0 atom stereocenters. The maximum Gasteiger partial charge on any atom is 0.197 e. The first-order valence-corrected chi connectivity index (χ1v) is 4.17. The third-order valence-electron chi connectivity index (χ3n) is 1.95. The summed E-state index contributed by atoms with van der Waals surface area (Å²) >= 11 is 0. The smallest absolute Gasteiger partial charge is 0.197 e. The zero-order valence-electron chi connectivity index (χ0n) is 7.40. The van der Waals surface area contributed by atoms with Crippen molar-refractivity contribution in [3.63, 3.8) is 0 Å². The molecular weight excluding hydrogens is 164 g/mol. The van der Waals surface area contributed by atoms with Crippen LogP contribution in [0.4, 0.5) is 5.69 Å². The van der Waals surface area contributed by atoms with Gasteiger partial charge in [-0.1, -0.05) is 12.1 Å². The fourth-order valence-electron chi connectivity index (χ4n) is 1.31. The molecule has 0 fully saturated rings. The monoisotopic (exact) mass is 174 g/mol. The van der Waals surface area contributed by atoms with Gasteiger partial charge in [0.25, 0.3) is 0 Å². The molecule has 1 aliphatic rings. The SMILES string of the molecule is Cc1cccc(N2CC(=O)C=N2)c1. The summed E-state index contributed by atoms with van der Waals surface area (Å²) in [6.45, 7) is 2.38. The van der Waals surface area contributed by atoms with Gasteiger partial charge in [0.05, 0.1) is 11.9 Å². The Morgan fingerprint density at radius 3 is 2.92 bits per heavy atom. The summed E-state index contributed by atoms with van der Waals surface area (Å²) in [6.07, 6.45) is 1.36. The molecule has 1 aliphatic heterocycles. The van der Waals surface area contributed by atoms with E-state index in [2.05, 4.69) is 5.10 Å². The Morgan fingerprint density at radius 1 is 1.46 bits per heavy atom. The summed E-state index contributed by atoms with van der Waals surface area (Å²) in [5.41, 5.74) is 2.15. The Bertz CT molecular complexity index is 371. The molecule has 0 saturated carbocycles. The van der Waals surface area contributed by atoms with Crippen LogP contribution in [0.15, 0.2) is 29.4 Å². The zero-order valence-corrected chi connectivity index (χ0v) is 7.40. The second-order valence-corrected chi connectivity index (χ2v) is 3.11. The van der Waals surface area contributed by atoms with Gasteiger partial charge in [-0.15, -0.1) is 0 Å². The van der Waals surface area contributed by atoms with Gasteiger partial charge >= 0.3 is 0 Å². The Balaban J connectivity index is 2.27. The summed E-state index contributed by atoms with van der Waals surface area (Å²) in [7, 11) is 0. The lowest BCUT2D eigenvalue weighted by atomic mass is 10.2. The fraction of sp³-hybridized carbons (Fsp3) is 0.200. The van der Waals surface area contributed by atoms with E-state index in [-0.39, 0.29) is 5.78 Å². The van der Waals surface area contributed by atoms with Crippen LogP contribution in [0, 0.1) is 6.92 Å². The zero-order chi connectivity index (χ0) is 9.26. The van der Waals surface area contributed by atoms with Gasteiger partial charge in [-0.25, -0.2) is 0 Å². The molecule has 0 saturated heterocycles. The molecule has 0 amide bonds. The van der Waals surface area contributed by atoms with E-state index in [0.717, 1.165) is 5.69 Å². The molecule has 0 aromatic heterocycles. The molecule has 1 aromatic carbocycles. The van der Waals surface area contributed by atoms with Crippen LogP contribution < -0.4 is 5.01 Å². The van der Waals surface area contributed by atoms with Gasteiger partial charge in [0, 0.05) is 0 Å². The van der Waals surface area contributed by atoms with Crippen LogP contribution in [-0.4, -0.2) is 18.5 Å². The van der Waals surface area contributed by atoms with Crippen LogP contribution in [-0.2, 0) is 4.79 Å². The third-order valence-corrected chi connectivity index (χ3v) is 1.95. The van der Waals surface area contributed by atoms with Crippen LogP contribution in [0.5, 0.6) is 0 Å². The topological polar surface area (TPSA) is 32.7 Å². The first-order valence-electron chi connectivity index (χ1n) is 4.17. The van der Waals surface area contributed by atoms with Crippen molar-refractivity contribution in [3.8, 4) is 0 Å². The Labute approximate surface area is 76.7 Å². The van der Waals surface area contributed by atoms with Gasteiger partial charge in [-0.05, 0) is 24.6 Å². The summed E-state index contributed by atoms with van der Waals surface area (Å²) < 4.78 is 0. The number of nitrogens with zero attached hydrogens (tertiary/aromatic N) is 2. The number of carbonyl (C=O) groups excluding carboxylic acids is 1. The number of ketones is 1. The van der Waals surface area contributed by atoms with Crippen molar-refractivity contribution in [2.75, 3.05) is 11.6 Å². The quantitative estimate of drug-likeness (QED) is 0.644. The molecule has 0 unspecified atom stereocenters. The minimum Gasteiger partial charge on any atom is -0.291 e. The van der Waals surface area contributed by atoms with Crippen LogP contribution in [0.2, 0.25) is 0 Å². The van der Waals surface area contributed by atoms with Crippen LogP contribution >= 0.6 is 0 Å². The minimum absolute atomic E-state index is 0.0570. The Hall–Kier alpha value is -1.64. The largest absolute Gasteiger partial charge is 0.291 e. The number of Topliss-reactive ketones (excluding diaryl/α,β-unsaturated/α-hetero) is 1. The maximum atomic E-state index is 10.9. The van der Waals surface area contributed by atoms with Gasteiger partial charge in [0.1, 0.15) is 6.54 Å².